The van der Waals surface area contributed by atoms with Crippen LogP contribution in [0.25, 0.3) is 11.0 Å². The van der Waals surface area contributed by atoms with Gasteiger partial charge in [-0.1, -0.05) is 17.7 Å². The van der Waals surface area contributed by atoms with Gasteiger partial charge in [0, 0.05) is 11.9 Å². The fourth-order valence-corrected chi connectivity index (χ4v) is 2.69. The van der Waals surface area contributed by atoms with E-state index in [4.69, 9.17) is 5.73 Å². The molecule has 0 saturated carbocycles. The lowest BCUT2D eigenvalue weighted by Gasteiger charge is -2.04. The van der Waals surface area contributed by atoms with Crippen molar-refractivity contribution in [2.75, 3.05) is 5.73 Å². The number of fused-ring (bicyclic) bond motifs is 1. The number of benzene rings is 1. The molecule has 0 amide bonds. The van der Waals surface area contributed by atoms with Crippen molar-refractivity contribution in [3.8, 4) is 0 Å². The second kappa shape index (κ2) is 5.13. The van der Waals surface area contributed by atoms with E-state index in [2.05, 4.69) is 46.3 Å². The summed E-state index contributed by atoms with van der Waals surface area (Å²) >= 11 is 1.70. The fraction of sp³-hybridized carbons (Fsp3) is 0.214. The maximum atomic E-state index is 5.95. The zero-order chi connectivity index (χ0) is 14.1. The summed E-state index contributed by atoms with van der Waals surface area (Å²) in [6.45, 7) is 2.08. The van der Waals surface area contributed by atoms with Gasteiger partial charge < -0.3 is 5.73 Å². The van der Waals surface area contributed by atoms with Crippen LogP contribution in [-0.2, 0) is 12.8 Å². The normalized spacial score (nSPS) is 11.1. The Hall–Kier alpha value is -2.08. The number of anilines is 1. The molecule has 102 valence electrons. The zero-order valence-corrected chi connectivity index (χ0v) is 12.2. The number of nitrogen functional groups attached to an aromatic ring is 1. The summed E-state index contributed by atoms with van der Waals surface area (Å²) in [7, 11) is 1.85. The summed E-state index contributed by atoms with van der Waals surface area (Å²) in [5.41, 5.74) is 7.98. The van der Waals surface area contributed by atoms with Crippen molar-refractivity contribution in [3.05, 3.63) is 41.9 Å². The third kappa shape index (κ3) is 2.46. The van der Waals surface area contributed by atoms with Gasteiger partial charge in [-0.05, 0) is 19.1 Å². The van der Waals surface area contributed by atoms with Gasteiger partial charge in [0.1, 0.15) is 11.6 Å². The van der Waals surface area contributed by atoms with Crippen molar-refractivity contribution in [1.82, 2.24) is 19.7 Å². The summed E-state index contributed by atoms with van der Waals surface area (Å²) < 4.78 is 1.72. The van der Waals surface area contributed by atoms with E-state index >= 15 is 0 Å². The molecule has 3 rings (SSSR count). The van der Waals surface area contributed by atoms with Crippen molar-refractivity contribution in [2.45, 2.75) is 17.6 Å². The molecule has 0 aliphatic rings. The van der Waals surface area contributed by atoms with Gasteiger partial charge in [-0.25, -0.2) is 9.97 Å². The molecule has 2 aromatic heterocycles. The Morgan fingerprint density at radius 3 is 2.70 bits per heavy atom. The number of aromatic nitrogens is 4. The Balaban J connectivity index is 1.83. The molecule has 0 saturated heterocycles. The van der Waals surface area contributed by atoms with E-state index in [0.29, 0.717) is 11.6 Å². The summed E-state index contributed by atoms with van der Waals surface area (Å²) in [6, 6.07) is 8.40. The molecule has 2 heterocycles. The molecule has 5 nitrogen and oxygen atoms in total. The van der Waals surface area contributed by atoms with E-state index in [-0.39, 0.29) is 0 Å². The van der Waals surface area contributed by atoms with E-state index in [0.717, 1.165) is 16.9 Å². The number of rotatable bonds is 3. The van der Waals surface area contributed by atoms with Crippen LogP contribution in [0, 0.1) is 6.92 Å². The predicted molar refractivity (Wildman–Crippen MR) is 81.5 cm³/mol. The second-order valence-electron chi connectivity index (χ2n) is 4.63. The van der Waals surface area contributed by atoms with E-state index in [1.165, 1.54) is 10.5 Å². The molecule has 0 bridgehead atoms. The molecule has 2 N–H and O–H groups in total. The third-order valence-corrected chi connectivity index (χ3v) is 4.06. The maximum absolute atomic E-state index is 5.95. The second-order valence-corrected chi connectivity index (χ2v) is 5.68. The fourth-order valence-electron chi connectivity index (χ4n) is 1.94. The van der Waals surface area contributed by atoms with Gasteiger partial charge in [0.15, 0.2) is 5.65 Å². The first-order chi connectivity index (χ1) is 9.63. The SMILES string of the molecule is Cc1ccc(SCc2nc(N)c3cnn(C)c3n2)cc1. The van der Waals surface area contributed by atoms with Crippen LogP contribution in [0.3, 0.4) is 0 Å². The molecule has 0 spiro atoms. The zero-order valence-electron chi connectivity index (χ0n) is 11.4. The highest BCUT2D eigenvalue weighted by atomic mass is 32.2. The van der Waals surface area contributed by atoms with Crippen LogP contribution in [0.5, 0.6) is 0 Å². The van der Waals surface area contributed by atoms with Crippen LogP contribution in [0.15, 0.2) is 35.4 Å². The first kappa shape index (κ1) is 12.9. The lowest BCUT2D eigenvalue weighted by atomic mass is 10.2. The molecule has 3 aromatic rings. The Morgan fingerprint density at radius 2 is 1.95 bits per heavy atom. The summed E-state index contributed by atoms with van der Waals surface area (Å²) in [6.07, 6.45) is 1.70. The molecule has 1 aromatic carbocycles. The van der Waals surface area contributed by atoms with Gasteiger partial charge in [0.25, 0.3) is 0 Å². The Bertz CT molecular complexity index is 748. The lowest BCUT2D eigenvalue weighted by molar-refractivity contribution is 0.782. The monoisotopic (exact) mass is 285 g/mol. The van der Waals surface area contributed by atoms with Crippen molar-refractivity contribution in [2.24, 2.45) is 7.05 Å². The molecule has 0 aliphatic carbocycles. The van der Waals surface area contributed by atoms with Crippen molar-refractivity contribution in [1.29, 1.82) is 0 Å². The molecular weight excluding hydrogens is 270 g/mol. The standard InChI is InChI=1S/C14H15N5S/c1-9-3-5-10(6-4-9)20-8-12-17-13(15)11-7-16-19(2)14(11)18-12/h3-7H,8H2,1-2H3,(H2,15,17,18). The summed E-state index contributed by atoms with van der Waals surface area (Å²) in [5, 5.41) is 4.96. The van der Waals surface area contributed by atoms with E-state index in [1.54, 1.807) is 22.6 Å². The Morgan fingerprint density at radius 1 is 1.20 bits per heavy atom. The predicted octanol–water partition coefficient (Wildman–Crippen LogP) is 2.55. The number of nitrogens with zero attached hydrogens (tertiary/aromatic N) is 4. The third-order valence-electron chi connectivity index (χ3n) is 3.06. The van der Waals surface area contributed by atoms with Crippen molar-refractivity contribution < 1.29 is 0 Å². The number of thioether (sulfide) groups is 1. The first-order valence-electron chi connectivity index (χ1n) is 6.27. The number of nitrogens with two attached hydrogens (primary N) is 1. The minimum Gasteiger partial charge on any atom is -0.383 e. The number of aryl methyl sites for hydroxylation is 2. The number of hydrogen-bond donors (Lipinski definition) is 1. The first-order valence-corrected chi connectivity index (χ1v) is 7.25. The Labute approximate surface area is 121 Å². The molecular formula is C14H15N5S. The molecule has 0 radical (unpaired) electrons. The van der Waals surface area contributed by atoms with Crippen molar-refractivity contribution in [3.63, 3.8) is 0 Å². The molecule has 6 heteroatoms. The highest BCUT2D eigenvalue weighted by Gasteiger charge is 2.09. The van der Waals surface area contributed by atoms with Crippen molar-refractivity contribution >= 4 is 28.6 Å². The average molecular weight is 285 g/mol. The van der Waals surface area contributed by atoms with Gasteiger partial charge in [0.05, 0.1) is 17.3 Å². The van der Waals surface area contributed by atoms with E-state index < -0.39 is 0 Å². The lowest BCUT2D eigenvalue weighted by Crippen LogP contribution is -2.01. The van der Waals surface area contributed by atoms with Gasteiger partial charge >= 0.3 is 0 Å². The van der Waals surface area contributed by atoms with Gasteiger partial charge in [-0.3, -0.25) is 4.68 Å². The van der Waals surface area contributed by atoms with E-state index in [1.807, 2.05) is 7.05 Å². The van der Waals surface area contributed by atoms with Crippen LogP contribution >= 0.6 is 11.8 Å². The maximum Gasteiger partial charge on any atom is 0.163 e. The smallest absolute Gasteiger partial charge is 0.163 e. The van der Waals surface area contributed by atoms with Gasteiger partial charge in [-0.2, -0.15) is 5.10 Å². The minimum absolute atomic E-state index is 0.489. The molecule has 20 heavy (non-hydrogen) atoms. The molecule has 0 atom stereocenters. The quantitative estimate of drug-likeness (QED) is 0.749. The largest absolute Gasteiger partial charge is 0.383 e. The Kier molecular flexibility index (Phi) is 3.31. The summed E-state index contributed by atoms with van der Waals surface area (Å²) in [4.78, 5) is 10.1. The van der Waals surface area contributed by atoms with Gasteiger partial charge in [0.2, 0.25) is 0 Å². The van der Waals surface area contributed by atoms with Crippen LogP contribution in [0.2, 0.25) is 0 Å². The molecule has 0 unspecified atom stereocenters. The van der Waals surface area contributed by atoms with Crippen LogP contribution in [0.4, 0.5) is 5.82 Å². The molecule has 0 fully saturated rings. The summed E-state index contributed by atoms with van der Waals surface area (Å²) in [5.74, 6) is 1.90. The highest BCUT2D eigenvalue weighted by molar-refractivity contribution is 7.98. The average Bonchev–Trinajstić information content (AvgIpc) is 2.81. The topological polar surface area (TPSA) is 69.6 Å². The minimum atomic E-state index is 0.489. The van der Waals surface area contributed by atoms with Crippen LogP contribution < -0.4 is 5.73 Å². The number of hydrogen-bond acceptors (Lipinski definition) is 5. The highest BCUT2D eigenvalue weighted by Crippen LogP contribution is 2.24. The van der Waals surface area contributed by atoms with Crippen LogP contribution in [0.1, 0.15) is 11.4 Å². The molecule has 0 aliphatic heterocycles. The van der Waals surface area contributed by atoms with Crippen LogP contribution in [-0.4, -0.2) is 19.7 Å². The van der Waals surface area contributed by atoms with Gasteiger partial charge in [-0.15, -0.1) is 11.8 Å². The van der Waals surface area contributed by atoms with E-state index in [9.17, 15) is 0 Å².